The van der Waals surface area contributed by atoms with Gasteiger partial charge in [-0.15, -0.1) is 0 Å². The van der Waals surface area contributed by atoms with Gasteiger partial charge in [0.05, 0.1) is 7.11 Å². The number of aromatic nitrogens is 2. The van der Waals surface area contributed by atoms with Gasteiger partial charge in [0.25, 0.3) is 0 Å². The maximum atomic E-state index is 10.3. The molecular formula is C12H11BrN2O2. The summed E-state index contributed by atoms with van der Waals surface area (Å²) in [4.78, 5) is 8.12. The molecule has 4 nitrogen and oxygen atoms in total. The van der Waals surface area contributed by atoms with Gasteiger partial charge in [-0.05, 0) is 6.07 Å². The van der Waals surface area contributed by atoms with E-state index < -0.39 is 6.10 Å². The first-order valence-electron chi connectivity index (χ1n) is 5.01. The number of nitrogens with zero attached hydrogens (tertiary/aromatic N) is 2. The third-order valence-electron chi connectivity index (χ3n) is 2.34. The SMILES string of the molecule is COc1nccnc1C(O)c1ccccc1Br. The minimum Gasteiger partial charge on any atom is -0.480 e. The van der Waals surface area contributed by atoms with Gasteiger partial charge in [-0.2, -0.15) is 0 Å². The monoisotopic (exact) mass is 294 g/mol. The fourth-order valence-corrected chi connectivity index (χ4v) is 2.03. The summed E-state index contributed by atoms with van der Waals surface area (Å²) < 4.78 is 5.90. The van der Waals surface area contributed by atoms with Crippen LogP contribution in [0.15, 0.2) is 41.1 Å². The lowest BCUT2D eigenvalue weighted by atomic mass is 10.1. The molecule has 17 heavy (non-hydrogen) atoms. The molecule has 0 spiro atoms. The molecule has 0 aliphatic carbocycles. The Hall–Kier alpha value is -1.46. The van der Waals surface area contributed by atoms with E-state index in [2.05, 4.69) is 25.9 Å². The average Bonchev–Trinajstić information content (AvgIpc) is 2.38. The first-order valence-corrected chi connectivity index (χ1v) is 5.80. The van der Waals surface area contributed by atoms with Crippen LogP contribution in [-0.2, 0) is 0 Å². The molecule has 0 bridgehead atoms. The zero-order chi connectivity index (χ0) is 12.3. The molecule has 1 unspecified atom stereocenters. The van der Waals surface area contributed by atoms with Crippen molar-refractivity contribution in [3.8, 4) is 5.88 Å². The van der Waals surface area contributed by atoms with E-state index >= 15 is 0 Å². The molecule has 1 aromatic carbocycles. The Labute approximate surface area is 107 Å². The third kappa shape index (κ3) is 2.45. The van der Waals surface area contributed by atoms with Crippen molar-refractivity contribution >= 4 is 15.9 Å². The van der Waals surface area contributed by atoms with Crippen LogP contribution in [0.25, 0.3) is 0 Å². The summed E-state index contributed by atoms with van der Waals surface area (Å²) >= 11 is 3.39. The van der Waals surface area contributed by atoms with Crippen molar-refractivity contribution in [2.24, 2.45) is 0 Å². The standard InChI is InChI=1S/C12H11BrN2O2/c1-17-12-10(14-6-7-15-12)11(16)8-4-2-3-5-9(8)13/h2-7,11,16H,1H3. The van der Waals surface area contributed by atoms with Gasteiger partial charge >= 0.3 is 0 Å². The Kier molecular flexibility index (Phi) is 3.71. The van der Waals surface area contributed by atoms with E-state index in [4.69, 9.17) is 4.74 Å². The summed E-state index contributed by atoms with van der Waals surface area (Å²) in [5.41, 5.74) is 1.13. The maximum absolute atomic E-state index is 10.3. The van der Waals surface area contributed by atoms with Crippen LogP contribution in [0.4, 0.5) is 0 Å². The van der Waals surface area contributed by atoms with Crippen molar-refractivity contribution < 1.29 is 9.84 Å². The van der Waals surface area contributed by atoms with Crippen LogP contribution in [-0.4, -0.2) is 22.2 Å². The lowest BCUT2D eigenvalue weighted by molar-refractivity contribution is 0.207. The topological polar surface area (TPSA) is 55.2 Å². The molecule has 1 atom stereocenters. The number of methoxy groups -OCH3 is 1. The Morgan fingerprint density at radius 3 is 2.65 bits per heavy atom. The van der Waals surface area contributed by atoms with Gasteiger partial charge in [0.15, 0.2) is 0 Å². The highest BCUT2D eigenvalue weighted by Gasteiger charge is 2.19. The van der Waals surface area contributed by atoms with E-state index in [1.165, 1.54) is 19.5 Å². The first kappa shape index (κ1) is 12.0. The molecule has 0 fully saturated rings. The van der Waals surface area contributed by atoms with Crippen molar-refractivity contribution in [2.45, 2.75) is 6.10 Å². The van der Waals surface area contributed by atoms with Crippen LogP contribution in [0.1, 0.15) is 17.4 Å². The Bertz CT molecular complexity index is 519. The van der Waals surface area contributed by atoms with Crippen LogP contribution in [0, 0.1) is 0 Å². The first-order chi connectivity index (χ1) is 8.24. The second kappa shape index (κ2) is 5.25. The number of rotatable bonds is 3. The minimum absolute atomic E-state index is 0.329. The zero-order valence-corrected chi connectivity index (χ0v) is 10.8. The van der Waals surface area contributed by atoms with Gasteiger partial charge in [-0.3, -0.25) is 4.98 Å². The molecule has 1 aromatic heterocycles. The predicted molar refractivity (Wildman–Crippen MR) is 66.8 cm³/mol. The second-order valence-corrected chi connectivity index (χ2v) is 4.23. The molecule has 0 aliphatic rings. The summed E-state index contributed by atoms with van der Waals surface area (Å²) in [6.07, 6.45) is 2.18. The van der Waals surface area contributed by atoms with Crippen LogP contribution in [0.3, 0.4) is 0 Å². The van der Waals surface area contributed by atoms with Gasteiger partial charge < -0.3 is 9.84 Å². The highest BCUT2D eigenvalue weighted by atomic mass is 79.9. The van der Waals surface area contributed by atoms with E-state index in [-0.39, 0.29) is 0 Å². The molecule has 0 saturated carbocycles. The van der Waals surface area contributed by atoms with E-state index in [1.807, 2.05) is 24.3 Å². The van der Waals surface area contributed by atoms with E-state index in [0.29, 0.717) is 11.6 Å². The molecule has 1 N–H and O–H groups in total. The van der Waals surface area contributed by atoms with E-state index in [0.717, 1.165) is 10.0 Å². The molecule has 2 rings (SSSR count). The van der Waals surface area contributed by atoms with Gasteiger partial charge in [0.2, 0.25) is 5.88 Å². The largest absolute Gasteiger partial charge is 0.480 e. The van der Waals surface area contributed by atoms with Gasteiger partial charge in [-0.25, -0.2) is 4.98 Å². The molecule has 0 amide bonds. The summed E-state index contributed by atoms with van der Waals surface area (Å²) in [6, 6.07) is 7.42. The number of aliphatic hydroxyl groups excluding tert-OH is 1. The highest BCUT2D eigenvalue weighted by molar-refractivity contribution is 9.10. The number of benzene rings is 1. The smallest absolute Gasteiger partial charge is 0.238 e. The van der Waals surface area contributed by atoms with Crippen LogP contribution in [0.5, 0.6) is 5.88 Å². The average molecular weight is 295 g/mol. The van der Waals surface area contributed by atoms with Gasteiger partial charge in [-0.1, -0.05) is 34.1 Å². The number of aliphatic hydroxyl groups is 1. The number of hydrogen-bond acceptors (Lipinski definition) is 4. The van der Waals surface area contributed by atoms with Gasteiger partial charge in [0, 0.05) is 22.4 Å². The molecule has 0 saturated heterocycles. The fourth-order valence-electron chi connectivity index (χ4n) is 1.52. The number of hydrogen-bond donors (Lipinski definition) is 1. The Morgan fingerprint density at radius 1 is 1.24 bits per heavy atom. The van der Waals surface area contributed by atoms with Crippen LogP contribution < -0.4 is 4.74 Å². The number of ether oxygens (including phenoxy) is 1. The predicted octanol–water partition coefficient (Wildman–Crippen LogP) is 2.33. The van der Waals surface area contributed by atoms with Crippen molar-refractivity contribution in [2.75, 3.05) is 7.11 Å². The Balaban J connectivity index is 2.44. The molecule has 0 radical (unpaired) electrons. The molecular weight excluding hydrogens is 284 g/mol. The zero-order valence-electron chi connectivity index (χ0n) is 9.17. The van der Waals surface area contributed by atoms with Crippen LogP contribution in [0.2, 0.25) is 0 Å². The molecule has 5 heteroatoms. The lowest BCUT2D eigenvalue weighted by Crippen LogP contribution is -2.06. The van der Waals surface area contributed by atoms with Crippen molar-refractivity contribution in [3.05, 3.63) is 52.4 Å². The molecule has 1 heterocycles. The summed E-state index contributed by atoms with van der Waals surface area (Å²) in [5, 5.41) is 10.3. The molecule has 0 aliphatic heterocycles. The lowest BCUT2D eigenvalue weighted by Gasteiger charge is -2.14. The van der Waals surface area contributed by atoms with Crippen LogP contribution >= 0.6 is 15.9 Å². The van der Waals surface area contributed by atoms with E-state index in [9.17, 15) is 5.11 Å². The summed E-state index contributed by atoms with van der Waals surface area (Å²) in [6.45, 7) is 0. The van der Waals surface area contributed by atoms with Crippen molar-refractivity contribution in [1.82, 2.24) is 9.97 Å². The molecule has 88 valence electrons. The van der Waals surface area contributed by atoms with Gasteiger partial charge in [0.1, 0.15) is 11.8 Å². The molecule has 2 aromatic rings. The third-order valence-corrected chi connectivity index (χ3v) is 3.07. The normalized spacial score (nSPS) is 12.2. The number of halogens is 1. The quantitative estimate of drug-likeness (QED) is 0.944. The van der Waals surface area contributed by atoms with Crippen molar-refractivity contribution in [1.29, 1.82) is 0 Å². The van der Waals surface area contributed by atoms with Crippen molar-refractivity contribution in [3.63, 3.8) is 0 Å². The fraction of sp³-hybridized carbons (Fsp3) is 0.167. The second-order valence-electron chi connectivity index (χ2n) is 3.37. The maximum Gasteiger partial charge on any atom is 0.238 e. The van der Waals surface area contributed by atoms with E-state index in [1.54, 1.807) is 0 Å². The highest BCUT2D eigenvalue weighted by Crippen LogP contribution is 2.30. The summed E-state index contributed by atoms with van der Waals surface area (Å²) in [7, 11) is 1.50. The summed E-state index contributed by atoms with van der Waals surface area (Å²) in [5.74, 6) is 0.329. The minimum atomic E-state index is -0.866. The Morgan fingerprint density at radius 2 is 1.94 bits per heavy atom.